The van der Waals surface area contributed by atoms with Gasteiger partial charge in [-0.15, -0.1) is 11.3 Å². The predicted octanol–water partition coefficient (Wildman–Crippen LogP) is 5.38. The van der Waals surface area contributed by atoms with Gasteiger partial charge in [0.1, 0.15) is 4.88 Å². The number of nitrogens with zero attached hydrogens (tertiary/aromatic N) is 2. The molecule has 2 aromatic heterocycles. The maximum absolute atomic E-state index is 12.2. The molecule has 4 rings (SSSR count). The van der Waals surface area contributed by atoms with Crippen LogP contribution in [0.4, 0.5) is 0 Å². The zero-order chi connectivity index (χ0) is 19.0. The molecule has 0 fully saturated rings. The molecule has 1 aliphatic carbocycles. The minimum atomic E-state index is -0.401. The van der Waals surface area contributed by atoms with Gasteiger partial charge in [0.15, 0.2) is 0 Å². The van der Waals surface area contributed by atoms with E-state index in [0.717, 1.165) is 35.5 Å². The van der Waals surface area contributed by atoms with Crippen LogP contribution in [0, 0.1) is 12.3 Å². The number of hydrogen-bond donors (Lipinski definition) is 0. The summed E-state index contributed by atoms with van der Waals surface area (Å²) >= 11 is 1.36. The van der Waals surface area contributed by atoms with Crippen LogP contribution in [0.5, 0.6) is 0 Å². The van der Waals surface area contributed by atoms with E-state index in [0.29, 0.717) is 4.88 Å². The van der Waals surface area contributed by atoms with Crippen molar-refractivity contribution in [2.45, 2.75) is 33.6 Å². The van der Waals surface area contributed by atoms with Gasteiger partial charge in [-0.1, -0.05) is 43.3 Å². The van der Waals surface area contributed by atoms with Crippen LogP contribution in [-0.2, 0) is 11.3 Å². The Hall–Kier alpha value is -2.66. The Morgan fingerprint density at radius 3 is 2.63 bits per heavy atom. The van der Waals surface area contributed by atoms with E-state index in [2.05, 4.69) is 48.7 Å². The number of oxime groups is 1. The fourth-order valence-electron chi connectivity index (χ4n) is 3.73. The van der Waals surface area contributed by atoms with Gasteiger partial charge in [0.2, 0.25) is 0 Å². The molecule has 1 aliphatic rings. The number of para-hydroxylation sites is 1. The lowest BCUT2D eigenvalue weighted by atomic mass is 9.76. The van der Waals surface area contributed by atoms with Crippen LogP contribution in [-0.4, -0.2) is 16.2 Å². The largest absolute Gasteiger partial charge is 0.375 e. The van der Waals surface area contributed by atoms with Crippen molar-refractivity contribution in [3.63, 3.8) is 0 Å². The smallest absolute Gasteiger partial charge is 0.318 e. The third-order valence-corrected chi connectivity index (χ3v) is 5.72. The molecule has 1 aromatic carbocycles. The molecule has 0 spiro atoms. The molecule has 0 bridgehead atoms. The number of carbonyl (C=O) groups excluding carboxylic acids is 1. The molecule has 3 aromatic rings. The maximum Gasteiger partial charge on any atom is 0.375 e. The molecule has 5 heteroatoms. The first-order chi connectivity index (χ1) is 12.9. The fourth-order valence-corrected chi connectivity index (χ4v) is 4.33. The van der Waals surface area contributed by atoms with Crippen molar-refractivity contribution < 1.29 is 9.63 Å². The lowest BCUT2D eigenvalue weighted by molar-refractivity contribution is 0.0519. The van der Waals surface area contributed by atoms with Crippen molar-refractivity contribution in [3.8, 4) is 5.69 Å². The van der Waals surface area contributed by atoms with Crippen molar-refractivity contribution in [2.75, 3.05) is 0 Å². The molecule has 0 saturated carbocycles. The van der Waals surface area contributed by atoms with Crippen molar-refractivity contribution in [3.05, 3.63) is 75.7 Å². The first-order valence-corrected chi connectivity index (χ1v) is 9.91. The molecular formula is C22H22N2O2S. The van der Waals surface area contributed by atoms with Gasteiger partial charge in [-0.05, 0) is 54.8 Å². The molecule has 138 valence electrons. The second-order valence-electron chi connectivity index (χ2n) is 7.73. The van der Waals surface area contributed by atoms with Gasteiger partial charge < -0.3 is 9.40 Å². The van der Waals surface area contributed by atoms with Gasteiger partial charge in [-0.2, -0.15) is 0 Å². The summed E-state index contributed by atoms with van der Waals surface area (Å²) in [5, 5.41) is 6.14. The van der Waals surface area contributed by atoms with E-state index in [4.69, 9.17) is 4.84 Å². The second-order valence-corrected chi connectivity index (χ2v) is 8.68. The number of aryl methyl sites for hydroxylation is 1. The van der Waals surface area contributed by atoms with E-state index in [1.54, 1.807) is 6.07 Å². The number of carbonyl (C=O) groups is 1. The topological polar surface area (TPSA) is 43.6 Å². The predicted molar refractivity (Wildman–Crippen MR) is 109 cm³/mol. The normalized spacial score (nSPS) is 16.9. The van der Waals surface area contributed by atoms with Crippen molar-refractivity contribution in [1.82, 2.24) is 4.57 Å². The molecule has 27 heavy (non-hydrogen) atoms. The van der Waals surface area contributed by atoms with E-state index in [1.807, 2.05) is 29.6 Å². The monoisotopic (exact) mass is 378 g/mol. The van der Waals surface area contributed by atoms with Crippen LogP contribution in [0.2, 0.25) is 0 Å². The molecule has 0 atom stereocenters. The Balaban J connectivity index is 1.74. The van der Waals surface area contributed by atoms with Crippen LogP contribution < -0.4 is 0 Å². The van der Waals surface area contributed by atoms with Gasteiger partial charge in [-0.3, -0.25) is 0 Å². The Bertz CT molecular complexity index is 999. The summed E-state index contributed by atoms with van der Waals surface area (Å²) in [5.41, 5.74) is 5.47. The first-order valence-electron chi connectivity index (χ1n) is 9.03. The van der Waals surface area contributed by atoms with Crippen LogP contribution in [0.25, 0.3) is 5.69 Å². The number of aromatic nitrogens is 1. The van der Waals surface area contributed by atoms with Crippen molar-refractivity contribution >= 4 is 23.0 Å². The standard InChI is InChI=1S/C22H22N2O2S/c1-15-12-17-18(23-26-21(25)20-10-7-11-27-20)13-22(2,3)14-19(17)24(15)16-8-5-4-6-9-16/h4-12H,13-14H2,1-3H3/b23-18+. The van der Waals surface area contributed by atoms with Crippen LogP contribution in [0.15, 0.2) is 59.1 Å². The van der Waals surface area contributed by atoms with E-state index in [1.165, 1.54) is 17.0 Å². The average molecular weight is 378 g/mol. The molecule has 0 N–H and O–H groups in total. The van der Waals surface area contributed by atoms with Crippen molar-refractivity contribution in [1.29, 1.82) is 0 Å². The molecule has 0 unspecified atom stereocenters. The average Bonchev–Trinajstić information content (AvgIpc) is 3.27. The summed E-state index contributed by atoms with van der Waals surface area (Å²) in [5.74, 6) is -0.401. The van der Waals surface area contributed by atoms with E-state index < -0.39 is 5.97 Å². The maximum atomic E-state index is 12.2. The second kappa shape index (κ2) is 6.82. The summed E-state index contributed by atoms with van der Waals surface area (Å²) in [7, 11) is 0. The third-order valence-electron chi connectivity index (χ3n) is 4.87. The quantitative estimate of drug-likeness (QED) is 0.453. The third kappa shape index (κ3) is 3.47. The highest BCUT2D eigenvalue weighted by Gasteiger charge is 2.33. The zero-order valence-corrected chi connectivity index (χ0v) is 16.5. The van der Waals surface area contributed by atoms with Crippen LogP contribution in [0.1, 0.15) is 46.9 Å². The van der Waals surface area contributed by atoms with Gasteiger partial charge >= 0.3 is 5.97 Å². The summed E-state index contributed by atoms with van der Waals surface area (Å²) in [4.78, 5) is 18.0. The number of thiophene rings is 1. The minimum absolute atomic E-state index is 0.0402. The van der Waals surface area contributed by atoms with Gasteiger partial charge in [0, 0.05) is 22.6 Å². The number of hydrogen-bond acceptors (Lipinski definition) is 4. The molecular weight excluding hydrogens is 356 g/mol. The first kappa shape index (κ1) is 17.7. The highest BCUT2D eigenvalue weighted by molar-refractivity contribution is 7.11. The van der Waals surface area contributed by atoms with Crippen molar-refractivity contribution in [2.24, 2.45) is 10.6 Å². The van der Waals surface area contributed by atoms with Gasteiger partial charge in [-0.25, -0.2) is 4.79 Å². The highest BCUT2D eigenvalue weighted by atomic mass is 32.1. The SMILES string of the molecule is Cc1cc2c(n1-c1ccccc1)CC(C)(C)C/C2=N\OC(=O)c1cccs1. The number of rotatable bonds is 3. The molecule has 0 aliphatic heterocycles. The lowest BCUT2D eigenvalue weighted by Gasteiger charge is -2.31. The summed E-state index contributed by atoms with van der Waals surface area (Å²) in [6.45, 7) is 6.56. The summed E-state index contributed by atoms with van der Waals surface area (Å²) in [6.07, 6.45) is 1.72. The highest BCUT2D eigenvalue weighted by Crippen LogP contribution is 2.38. The number of benzene rings is 1. The Labute approximate surface area is 163 Å². The lowest BCUT2D eigenvalue weighted by Crippen LogP contribution is -2.28. The Morgan fingerprint density at radius 2 is 1.93 bits per heavy atom. The van der Waals surface area contributed by atoms with Gasteiger partial charge in [0.25, 0.3) is 0 Å². The molecule has 0 amide bonds. The Morgan fingerprint density at radius 1 is 1.15 bits per heavy atom. The van der Waals surface area contributed by atoms with Crippen LogP contribution in [0.3, 0.4) is 0 Å². The molecule has 2 heterocycles. The van der Waals surface area contributed by atoms with Gasteiger partial charge in [0.05, 0.1) is 5.71 Å². The summed E-state index contributed by atoms with van der Waals surface area (Å²) < 4.78 is 2.28. The molecule has 4 nitrogen and oxygen atoms in total. The zero-order valence-electron chi connectivity index (χ0n) is 15.7. The minimum Gasteiger partial charge on any atom is -0.318 e. The van der Waals surface area contributed by atoms with Crippen LogP contribution >= 0.6 is 11.3 Å². The molecule has 0 saturated heterocycles. The fraction of sp³-hybridized carbons (Fsp3) is 0.273. The molecule has 0 radical (unpaired) electrons. The number of fused-ring (bicyclic) bond motifs is 1. The van der Waals surface area contributed by atoms with E-state index >= 15 is 0 Å². The Kier molecular flexibility index (Phi) is 4.48. The van der Waals surface area contributed by atoms with E-state index in [-0.39, 0.29) is 5.41 Å². The summed E-state index contributed by atoms with van der Waals surface area (Å²) in [6, 6.07) is 16.1. The van der Waals surface area contributed by atoms with E-state index in [9.17, 15) is 4.79 Å².